The van der Waals surface area contributed by atoms with Gasteiger partial charge in [0.25, 0.3) is 0 Å². The van der Waals surface area contributed by atoms with E-state index < -0.39 is 29.8 Å². The molecule has 2 atom stereocenters. The number of carbonyl (C=O) groups is 3. The van der Waals surface area contributed by atoms with E-state index in [-0.39, 0.29) is 18.6 Å². The number of ether oxygens (including phenoxy) is 2. The summed E-state index contributed by atoms with van der Waals surface area (Å²) < 4.78 is 10.8. The van der Waals surface area contributed by atoms with Gasteiger partial charge in [0, 0.05) is 31.6 Å². The molecule has 1 saturated heterocycles. The van der Waals surface area contributed by atoms with E-state index in [0.717, 1.165) is 22.3 Å². The maximum atomic E-state index is 12.7. The van der Waals surface area contributed by atoms with Gasteiger partial charge in [0.2, 0.25) is 0 Å². The molecule has 37 heavy (non-hydrogen) atoms. The average molecular weight is 510 g/mol. The van der Waals surface area contributed by atoms with Gasteiger partial charge < -0.3 is 25.2 Å². The summed E-state index contributed by atoms with van der Waals surface area (Å²) in [5, 5.41) is 15.2. The number of carbonyl (C=O) groups excluding carboxylic acids is 2. The Morgan fingerprint density at radius 2 is 1.62 bits per heavy atom. The number of carboxylic acids is 1. The van der Waals surface area contributed by atoms with Gasteiger partial charge in [-0.3, -0.25) is 9.69 Å². The number of hydrogen-bond acceptors (Lipinski definition) is 6. The molecule has 2 aromatic rings. The van der Waals surface area contributed by atoms with Crippen LogP contribution in [-0.4, -0.2) is 72.1 Å². The average Bonchev–Trinajstić information content (AvgIpc) is 3.38. The number of likely N-dealkylation sites (tertiary alicyclic amines) is 1. The van der Waals surface area contributed by atoms with E-state index in [9.17, 15) is 19.5 Å². The fourth-order valence-corrected chi connectivity index (χ4v) is 5.11. The van der Waals surface area contributed by atoms with Crippen LogP contribution in [0.4, 0.5) is 9.59 Å². The first-order valence-electron chi connectivity index (χ1n) is 12.7. The predicted molar refractivity (Wildman–Crippen MR) is 138 cm³/mol. The molecule has 3 N–H and O–H groups in total. The van der Waals surface area contributed by atoms with Crippen molar-refractivity contribution in [1.29, 1.82) is 0 Å². The highest BCUT2D eigenvalue weighted by molar-refractivity contribution is 5.79. The molecular formula is C28H35N3O6. The molecule has 198 valence electrons. The molecule has 0 radical (unpaired) electrons. The molecule has 0 spiro atoms. The first kappa shape index (κ1) is 26.5. The van der Waals surface area contributed by atoms with Crippen molar-refractivity contribution in [2.45, 2.75) is 57.2 Å². The van der Waals surface area contributed by atoms with Crippen LogP contribution < -0.4 is 10.6 Å². The van der Waals surface area contributed by atoms with Crippen LogP contribution in [0.25, 0.3) is 11.1 Å². The summed E-state index contributed by atoms with van der Waals surface area (Å²) in [6.07, 6.45) is -0.206. The minimum Gasteiger partial charge on any atom is -0.480 e. The van der Waals surface area contributed by atoms with Crippen LogP contribution in [0.2, 0.25) is 0 Å². The lowest BCUT2D eigenvalue weighted by Gasteiger charge is -2.22. The predicted octanol–water partition coefficient (Wildman–Crippen LogP) is 3.97. The molecule has 1 heterocycles. The van der Waals surface area contributed by atoms with Gasteiger partial charge in [-0.25, -0.2) is 9.59 Å². The lowest BCUT2D eigenvalue weighted by Crippen LogP contribution is -2.40. The van der Waals surface area contributed by atoms with E-state index in [1.165, 1.54) is 0 Å². The topological polar surface area (TPSA) is 117 Å². The van der Waals surface area contributed by atoms with E-state index in [1.807, 2.05) is 29.2 Å². The summed E-state index contributed by atoms with van der Waals surface area (Å²) in [6, 6.07) is 15.2. The van der Waals surface area contributed by atoms with Crippen molar-refractivity contribution in [3.63, 3.8) is 0 Å². The number of fused-ring (bicyclic) bond motifs is 3. The van der Waals surface area contributed by atoms with Gasteiger partial charge in [-0.15, -0.1) is 0 Å². The molecule has 4 rings (SSSR count). The highest BCUT2D eigenvalue weighted by atomic mass is 16.6. The maximum absolute atomic E-state index is 12.7. The molecule has 1 fully saturated rings. The first-order chi connectivity index (χ1) is 17.6. The zero-order chi connectivity index (χ0) is 26.6. The Morgan fingerprint density at radius 1 is 1.00 bits per heavy atom. The summed E-state index contributed by atoms with van der Waals surface area (Å²) in [7, 11) is 0. The second-order valence-corrected chi connectivity index (χ2v) is 10.5. The number of alkyl carbamates (subject to hydrolysis) is 2. The second-order valence-electron chi connectivity index (χ2n) is 10.5. The Bertz CT molecular complexity index is 1100. The Kier molecular flexibility index (Phi) is 8.02. The van der Waals surface area contributed by atoms with Crippen LogP contribution in [0, 0.1) is 0 Å². The Hall–Kier alpha value is -3.59. The second kappa shape index (κ2) is 11.2. The molecule has 2 aliphatic rings. The van der Waals surface area contributed by atoms with E-state index >= 15 is 0 Å². The van der Waals surface area contributed by atoms with Gasteiger partial charge in [0.1, 0.15) is 18.2 Å². The third-order valence-corrected chi connectivity index (χ3v) is 6.64. The minimum atomic E-state index is -0.933. The third kappa shape index (κ3) is 6.60. The van der Waals surface area contributed by atoms with Crippen molar-refractivity contribution in [3.8, 4) is 11.1 Å². The summed E-state index contributed by atoms with van der Waals surface area (Å²) in [5.74, 6) is -0.973. The minimum absolute atomic E-state index is 0.0394. The Labute approximate surface area is 217 Å². The monoisotopic (exact) mass is 509 g/mol. The molecule has 9 heteroatoms. The van der Waals surface area contributed by atoms with Gasteiger partial charge in [-0.05, 0) is 55.9 Å². The number of nitrogens with one attached hydrogen (secondary N) is 2. The zero-order valence-electron chi connectivity index (χ0n) is 21.5. The lowest BCUT2D eigenvalue weighted by molar-refractivity contribution is -0.142. The molecule has 1 aliphatic carbocycles. The molecule has 1 aliphatic heterocycles. The molecule has 9 nitrogen and oxygen atoms in total. The number of hydrogen-bond donors (Lipinski definition) is 3. The van der Waals surface area contributed by atoms with Crippen LogP contribution in [0.3, 0.4) is 0 Å². The summed E-state index contributed by atoms with van der Waals surface area (Å²) in [4.78, 5) is 38.1. The van der Waals surface area contributed by atoms with E-state index in [2.05, 4.69) is 34.9 Å². The van der Waals surface area contributed by atoms with E-state index in [1.54, 1.807) is 20.8 Å². The fourth-order valence-electron chi connectivity index (χ4n) is 5.11. The Morgan fingerprint density at radius 3 is 2.22 bits per heavy atom. The van der Waals surface area contributed by atoms with Crippen LogP contribution in [0.5, 0.6) is 0 Å². The molecule has 2 amide bonds. The number of benzene rings is 2. The molecule has 0 saturated carbocycles. The number of nitrogens with zero attached hydrogens (tertiary/aromatic N) is 1. The first-order valence-corrected chi connectivity index (χ1v) is 12.7. The fraction of sp³-hybridized carbons (Fsp3) is 0.464. The summed E-state index contributed by atoms with van der Waals surface area (Å²) >= 11 is 0. The highest BCUT2D eigenvalue weighted by Crippen LogP contribution is 2.44. The normalized spacial score (nSPS) is 19.1. The van der Waals surface area contributed by atoms with Gasteiger partial charge >= 0.3 is 18.2 Å². The van der Waals surface area contributed by atoms with Crippen molar-refractivity contribution in [2.75, 3.05) is 26.2 Å². The maximum Gasteiger partial charge on any atom is 0.407 e. The molecule has 0 aromatic heterocycles. The van der Waals surface area contributed by atoms with Crippen molar-refractivity contribution >= 4 is 18.2 Å². The zero-order valence-corrected chi connectivity index (χ0v) is 21.5. The third-order valence-electron chi connectivity index (χ3n) is 6.64. The largest absolute Gasteiger partial charge is 0.480 e. The van der Waals surface area contributed by atoms with Gasteiger partial charge in [-0.1, -0.05) is 48.5 Å². The van der Waals surface area contributed by atoms with E-state index in [0.29, 0.717) is 32.5 Å². The number of carboxylic acid groups (broad SMARTS) is 1. The number of amides is 2. The summed E-state index contributed by atoms with van der Waals surface area (Å²) in [5.41, 5.74) is 4.00. The van der Waals surface area contributed by atoms with Gasteiger partial charge in [0.05, 0.1) is 0 Å². The van der Waals surface area contributed by atoms with Crippen LogP contribution >= 0.6 is 0 Å². The van der Waals surface area contributed by atoms with Crippen LogP contribution in [0.1, 0.15) is 50.7 Å². The smallest absolute Gasteiger partial charge is 0.407 e. The molecule has 2 aromatic carbocycles. The van der Waals surface area contributed by atoms with Gasteiger partial charge in [-0.2, -0.15) is 0 Å². The van der Waals surface area contributed by atoms with E-state index in [4.69, 9.17) is 9.47 Å². The van der Waals surface area contributed by atoms with Gasteiger partial charge in [0.15, 0.2) is 0 Å². The lowest BCUT2D eigenvalue weighted by atomic mass is 9.98. The number of rotatable bonds is 8. The molecular weight excluding hydrogens is 474 g/mol. The van der Waals surface area contributed by atoms with Crippen LogP contribution in [0.15, 0.2) is 48.5 Å². The summed E-state index contributed by atoms with van der Waals surface area (Å²) in [6.45, 7) is 6.80. The van der Waals surface area contributed by atoms with Crippen molar-refractivity contribution in [1.82, 2.24) is 15.5 Å². The number of aliphatic carboxylic acids is 1. The van der Waals surface area contributed by atoms with Crippen molar-refractivity contribution in [3.05, 3.63) is 59.7 Å². The van der Waals surface area contributed by atoms with Crippen molar-refractivity contribution < 1.29 is 29.0 Å². The molecule has 0 bridgehead atoms. The highest BCUT2D eigenvalue weighted by Gasteiger charge is 2.37. The Balaban J connectivity index is 1.26. The molecule has 0 unspecified atom stereocenters. The van der Waals surface area contributed by atoms with Crippen LogP contribution in [-0.2, 0) is 14.3 Å². The quantitative estimate of drug-likeness (QED) is 0.461. The van der Waals surface area contributed by atoms with Crippen molar-refractivity contribution in [2.24, 2.45) is 0 Å². The SMILES string of the molecule is CC(C)(C)OC(=O)NCCCN1C[C@@H](NC(=O)OCC2c3ccccc3-c3ccccc32)C[C@H]1C(=O)O. The standard InChI is InChI=1S/C28H35N3O6/c1-28(2,3)37-26(34)29-13-8-14-31-16-18(15-24(31)25(32)33)30-27(35)36-17-23-21-11-6-4-9-19(21)20-10-5-7-12-22(20)23/h4-7,9-12,18,23-24H,8,13-17H2,1-3H3,(H,29,34)(H,30,35)(H,32,33)/t18-,24-/m0/s1.